The summed E-state index contributed by atoms with van der Waals surface area (Å²) in [6.45, 7) is 2.74. The molecule has 0 aliphatic carbocycles. The number of carbonyl (C=O) groups is 2. The highest BCUT2D eigenvalue weighted by atomic mass is 16.6. The van der Waals surface area contributed by atoms with Crippen LogP contribution in [0.3, 0.4) is 0 Å². The van der Waals surface area contributed by atoms with Crippen LogP contribution in [-0.2, 0) is 19.1 Å². The van der Waals surface area contributed by atoms with Crippen molar-refractivity contribution in [2.24, 2.45) is 17.4 Å². The van der Waals surface area contributed by atoms with Gasteiger partial charge in [-0.3, -0.25) is 4.79 Å². The van der Waals surface area contributed by atoms with Crippen molar-refractivity contribution >= 4 is 11.9 Å². The van der Waals surface area contributed by atoms with Crippen molar-refractivity contribution in [2.75, 3.05) is 13.2 Å². The number of nitrogens with two attached hydrogens (primary N) is 2. The number of hydrogen-bond acceptors (Lipinski definition) is 9. The van der Waals surface area contributed by atoms with Crippen LogP contribution in [-0.4, -0.2) is 77.0 Å². The lowest BCUT2D eigenvalue weighted by atomic mass is 9.98. The van der Waals surface area contributed by atoms with E-state index in [4.69, 9.17) is 20.9 Å². The second-order valence-electron chi connectivity index (χ2n) is 5.75. The van der Waals surface area contributed by atoms with Crippen molar-refractivity contribution in [1.29, 1.82) is 0 Å². The molecule has 1 aliphatic rings. The van der Waals surface area contributed by atoms with Gasteiger partial charge in [0.2, 0.25) is 5.91 Å². The van der Waals surface area contributed by atoms with Crippen LogP contribution in [0.5, 0.6) is 0 Å². The van der Waals surface area contributed by atoms with Gasteiger partial charge in [-0.2, -0.15) is 0 Å². The molecular weight excluding hydrogens is 310 g/mol. The van der Waals surface area contributed by atoms with Crippen molar-refractivity contribution in [3.05, 3.63) is 0 Å². The van der Waals surface area contributed by atoms with Gasteiger partial charge >= 0.3 is 5.97 Å². The molecule has 10 heteroatoms. The summed E-state index contributed by atoms with van der Waals surface area (Å²) in [6.07, 6.45) is -5.46. The molecule has 1 saturated heterocycles. The monoisotopic (exact) mass is 335 g/mol. The fraction of sp³-hybridized carbons (Fsp3) is 0.846. The second kappa shape index (κ2) is 8.52. The minimum atomic E-state index is -1.49. The van der Waals surface area contributed by atoms with E-state index in [1.54, 1.807) is 13.8 Å². The zero-order valence-corrected chi connectivity index (χ0v) is 13.1. The van der Waals surface area contributed by atoms with Crippen LogP contribution in [0.4, 0.5) is 0 Å². The van der Waals surface area contributed by atoms with Crippen LogP contribution in [0.15, 0.2) is 0 Å². The molecule has 0 bridgehead atoms. The van der Waals surface area contributed by atoms with E-state index in [1.807, 2.05) is 0 Å². The van der Waals surface area contributed by atoms with E-state index in [2.05, 4.69) is 5.32 Å². The summed E-state index contributed by atoms with van der Waals surface area (Å²) in [5.41, 5.74) is 10.6. The van der Waals surface area contributed by atoms with Gasteiger partial charge in [-0.05, 0) is 5.92 Å². The lowest BCUT2D eigenvalue weighted by molar-refractivity contribution is -0.251. The molecule has 1 unspecified atom stereocenters. The van der Waals surface area contributed by atoms with Gasteiger partial charge in [-0.25, -0.2) is 4.79 Å². The average Bonchev–Trinajstić information content (AvgIpc) is 2.51. The summed E-state index contributed by atoms with van der Waals surface area (Å²) in [5, 5.41) is 31.4. The molecule has 1 rings (SSSR count). The Morgan fingerprint density at radius 2 is 1.87 bits per heavy atom. The maximum Gasteiger partial charge on any atom is 0.328 e. The maximum absolute atomic E-state index is 12.0. The summed E-state index contributed by atoms with van der Waals surface area (Å²) >= 11 is 0. The van der Waals surface area contributed by atoms with E-state index >= 15 is 0 Å². The molecule has 0 aromatic rings. The van der Waals surface area contributed by atoms with Gasteiger partial charge in [0.1, 0.15) is 31.0 Å². The van der Waals surface area contributed by atoms with Gasteiger partial charge < -0.3 is 41.6 Å². The molecule has 8 N–H and O–H groups in total. The Morgan fingerprint density at radius 3 is 2.39 bits per heavy atom. The van der Waals surface area contributed by atoms with Gasteiger partial charge in [0.05, 0.1) is 12.6 Å². The summed E-state index contributed by atoms with van der Waals surface area (Å²) in [7, 11) is 0. The maximum atomic E-state index is 12.0. The summed E-state index contributed by atoms with van der Waals surface area (Å²) in [4.78, 5) is 23.4. The fourth-order valence-electron chi connectivity index (χ4n) is 2.09. The van der Waals surface area contributed by atoms with Crippen LogP contribution in [0, 0.1) is 5.92 Å². The Morgan fingerprint density at radius 1 is 1.26 bits per heavy atom. The highest BCUT2D eigenvalue weighted by Crippen LogP contribution is 2.19. The van der Waals surface area contributed by atoms with Crippen molar-refractivity contribution < 1.29 is 34.4 Å². The van der Waals surface area contributed by atoms with Gasteiger partial charge in [0.15, 0.2) is 6.29 Å². The molecule has 134 valence electrons. The topological polar surface area (TPSA) is 177 Å². The molecule has 0 aromatic heterocycles. The number of carbonyl (C=O) groups excluding carboxylic acids is 2. The number of rotatable bonds is 6. The van der Waals surface area contributed by atoms with E-state index in [0.29, 0.717) is 0 Å². The van der Waals surface area contributed by atoms with E-state index in [-0.39, 0.29) is 12.5 Å². The Kier molecular flexibility index (Phi) is 7.32. The molecular formula is C13H25N3O7. The highest BCUT2D eigenvalue weighted by Gasteiger charge is 2.42. The van der Waals surface area contributed by atoms with Crippen molar-refractivity contribution in [2.45, 2.75) is 50.5 Å². The van der Waals surface area contributed by atoms with Crippen LogP contribution >= 0.6 is 0 Å². The summed E-state index contributed by atoms with van der Waals surface area (Å²) < 4.78 is 10.0. The van der Waals surface area contributed by atoms with Crippen molar-refractivity contribution in [1.82, 2.24) is 5.32 Å². The van der Waals surface area contributed by atoms with Gasteiger partial charge in [0, 0.05) is 0 Å². The third-order valence-electron chi connectivity index (χ3n) is 3.58. The third-order valence-corrected chi connectivity index (χ3v) is 3.58. The minimum Gasteiger partial charge on any atom is -0.461 e. The first-order valence-corrected chi connectivity index (χ1v) is 7.30. The Labute approximate surface area is 133 Å². The van der Waals surface area contributed by atoms with E-state index in [9.17, 15) is 24.9 Å². The summed E-state index contributed by atoms with van der Waals surface area (Å²) in [6, 6.07) is -2.08. The van der Waals surface area contributed by atoms with Gasteiger partial charge in [-0.15, -0.1) is 0 Å². The number of aliphatic hydroxyl groups excluding tert-OH is 3. The number of hydrogen-bond donors (Lipinski definition) is 6. The van der Waals surface area contributed by atoms with Crippen LogP contribution in [0.1, 0.15) is 13.8 Å². The highest BCUT2D eigenvalue weighted by molar-refractivity contribution is 5.85. The van der Waals surface area contributed by atoms with E-state index in [0.717, 1.165) is 0 Å². The normalized spacial score (nSPS) is 32.4. The Bertz CT molecular complexity index is 420. The number of esters is 1. The fourth-order valence-corrected chi connectivity index (χ4v) is 2.09. The Balaban J connectivity index is 2.61. The SMILES string of the molecule is CC(C)[C@H](NC(=O)CN)C(=O)OC[C@H]1OC(O)[C@H](N)[C@@H](O)[C@@H]1O. The lowest BCUT2D eigenvalue weighted by Gasteiger charge is -2.38. The zero-order chi connectivity index (χ0) is 17.7. The van der Waals surface area contributed by atoms with Crippen molar-refractivity contribution in [3.63, 3.8) is 0 Å². The summed E-state index contributed by atoms with van der Waals surface area (Å²) in [5.74, 6) is -1.50. The minimum absolute atomic E-state index is 0.250. The molecule has 1 amide bonds. The molecule has 10 nitrogen and oxygen atoms in total. The third kappa shape index (κ3) is 5.09. The average molecular weight is 335 g/mol. The van der Waals surface area contributed by atoms with Gasteiger partial charge in [-0.1, -0.05) is 13.8 Å². The van der Waals surface area contributed by atoms with Crippen LogP contribution in [0.2, 0.25) is 0 Å². The largest absolute Gasteiger partial charge is 0.461 e. The zero-order valence-electron chi connectivity index (χ0n) is 13.1. The number of aliphatic hydroxyl groups is 3. The second-order valence-corrected chi connectivity index (χ2v) is 5.75. The van der Waals surface area contributed by atoms with Crippen molar-refractivity contribution in [3.8, 4) is 0 Å². The molecule has 0 saturated carbocycles. The molecule has 0 spiro atoms. The molecule has 1 fully saturated rings. The first-order chi connectivity index (χ1) is 10.7. The number of ether oxygens (including phenoxy) is 2. The molecule has 0 aromatic carbocycles. The number of amides is 1. The first-order valence-electron chi connectivity index (χ1n) is 7.30. The Hall–Kier alpha value is -1.30. The van der Waals surface area contributed by atoms with Crippen LogP contribution < -0.4 is 16.8 Å². The molecule has 0 radical (unpaired) electrons. The van der Waals surface area contributed by atoms with Gasteiger partial charge in [0.25, 0.3) is 0 Å². The molecule has 23 heavy (non-hydrogen) atoms. The van der Waals surface area contributed by atoms with E-state index < -0.39 is 55.2 Å². The first kappa shape index (κ1) is 19.7. The molecule has 1 heterocycles. The predicted molar refractivity (Wildman–Crippen MR) is 77.7 cm³/mol. The molecule has 6 atom stereocenters. The standard InChI is InChI=1S/C13H25N3O7/c1-5(2)9(16-7(17)3-14)13(21)22-4-6-10(18)11(19)8(15)12(20)23-6/h5-6,8-12,18-20H,3-4,14-15H2,1-2H3,(H,16,17)/t6-,8-,9+,10-,11-,12?/m1/s1. The lowest BCUT2D eigenvalue weighted by Crippen LogP contribution is -2.62. The number of nitrogens with one attached hydrogen (secondary N) is 1. The van der Waals surface area contributed by atoms with E-state index in [1.165, 1.54) is 0 Å². The molecule has 1 aliphatic heterocycles. The van der Waals surface area contributed by atoms with Crippen LogP contribution in [0.25, 0.3) is 0 Å². The smallest absolute Gasteiger partial charge is 0.328 e. The predicted octanol–water partition coefficient (Wildman–Crippen LogP) is -3.60. The quantitative estimate of drug-likeness (QED) is 0.267.